The third kappa shape index (κ3) is 2.04. The van der Waals surface area contributed by atoms with E-state index >= 15 is 0 Å². The zero-order valence-electron chi connectivity index (χ0n) is 8.54. The van der Waals surface area contributed by atoms with Crippen LogP contribution in [-0.2, 0) is 19.7 Å². The predicted molar refractivity (Wildman–Crippen MR) is 52.9 cm³/mol. The maximum absolute atomic E-state index is 8.89. The number of aliphatic hydroxyl groups excluding tert-OH is 1. The Kier molecular flexibility index (Phi) is 2.77. The molecule has 0 unspecified atom stereocenters. The lowest BCUT2D eigenvalue weighted by Crippen LogP contribution is -2.09. The quantitative estimate of drug-likeness (QED) is 0.768. The Labute approximate surface area is 87.2 Å². The Balaban J connectivity index is 2.14. The van der Waals surface area contributed by atoms with Crippen LogP contribution < -0.4 is 0 Å². The number of hydrogen-bond donors (Lipinski definition) is 1. The topological polar surface area (TPSA) is 68.8 Å². The molecule has 0 aliphatic heterocycles. The van der Waals surface area contributed by atoms with E-state index in [0.29, 0.717) is 6.54 Å². The summed E-state index contributed by atoms with van der Waals surface area (Å²) in [6.45, 7) is 3.40. The van der Waals surface area contributed by atoms with Crippen molar-refractivity contribution in [2.45, 2.75) is 26.6 Å². The van der Waals surface area contributed by atoms with Crippen molar-refractivity contribution in [3.63, 3.8) is 0 Å². The second-order valence-corrected chi connectivity index (χ2v) is 3.20. The minimum atomic E-state index is 0.0144. The Morgan fingerprint density at radius 2 is 2.27 bits per heavy atom. The first-order valence-corrected chi connectivity index (χ1v) is 4.82. The monoisotopic (exact) mass is 207 g/mol. The fourth-order valence-electron chi connectivity index (χ4n) is 1.39. The second-order valence-electron chi connectivity index (χ2n) is 3.20. The van der Waals surface area contributed by atoms with Crippen LogP contribution >= 0.6 is 0 Å². The molecule has 0 amide bonds. The zero-order chi connectivity index (χ0) is 10.7. The molecule has 0 aliphatic rings. The lowest BCUT2D eigenvalue weighted by Gasteiger charge is -2.02. The largest absolute Gasteiger partial charge is 0.392 e. The van der Waals surface area contributed by atoms with E-state index in [1.165, 1.54) is 6.33 Å². The van der Waals surface area contributed by atoms with Crippen molar-refractivity contribution in [2.24, 2.45) is 0 Å². The molecule has 0 aliphatic carbocycles. The Hall–Kier alpha value is -1.69. The fourth-order valence-corrected chi connectivity index (χ4v) is 1.39. The Bertz CT molecular complexity index is 433. The van der Waals surface area contributed by atoms with Gasteiger partial charge in [0.1, 0.15) is 18.7 Å². The predicted octanol–water partition coefficient (Wildman–Crippen LogP) is 0.0351. The first kappa shape index (κ1) is 9.85. The maximum atomic E-state index is 8.89. The third-order valence-corrected chi connectivity index (χ3v) is 2.17. The third-order valence-electron chi connectivity index (χ3n) is 2.17. The van der Waals surface area contributed by atoms with Gasteiger partial charge >= 0.3 is 0 Å². The molecule has 6 heteroatoms. The molecule has 0 aromatic carbocycles. The average molecular weight is 207 g/mol. The van der Waals surface area contributed by atoms with Crippen molar-refractivity contribution in [1.29, 1.82) is 0 Å². The van der Waals surface area contributed by atoms with Gasteiger partial charge in [-0.3, -0.25) is 4.68 Å². The standard InChI is InChI=1S/C9H13N5O/c1-2-14-9(10-7-12-14)5-13-4-8(6-15)3-11-13/h3-4,7,15H,2,5-6H2,1H3. The van der Waals surface area contributed by atoms with E-state index in [4.69, 9.17) is 5.11 Å². The van der Waals surface area contributed by atoms with Crippen LogP contribution in [-0.4, -0.2) is 29.7 Å². The van der Waals surface area contributed by atoms with E-state index in [2.05, 4.69) is 15.2 Å². The normalized spacial score (nSPS) is 10.8. The first-order chi connectivity index (χ1) is 7.33. The summed E-state index contributed by atoms with van der Waals surface area (Å²) in [5.41, 5.74) is 0.803. The van der Waals surface area contributed by atoms with Crippen LogP contribution in [0.25, 0.3) is 0 Å². The van der Waals surface area contributed by atoms with Gasteiger partial charge in [0, 0.05) is 18.3 Å². The lowest BCUT2D eigenvalue weighted by atomic mass is 10.4. The summed E-state index contributed by atoms with van der Waals surface area (Å²) >= 11 is 0. The van der Waals surface area contributed by atoms with Crippen molar-refractivity contribution >= 4 is 0 Å². The molecule has 0 saturated carbocycles. The van der Waals surface area contributed by atoms with E-state index < -0.39 is 0 Å². The molecule has 2 aromatic heterocycles. The highest BCUT2D eigenvalue weighted by Crippen LogP contribution is 2.01. The van der Waals surface area contributed by atoms with Crippen LogP contribution in [0.15, 0.2) is 18.7 Å². The Morgan fingerprint density at radius 1 is 1.40 bits per heavy atom. The van der Waals surface area contributed by atoms with E-state index in [9.17, 15) is 0 Å². The summed E-state index contributed by atoms with van der Waals surface area (Å²) in [5.74, 6) is 0.866. The number of hydrogen-bond acceptors (Lipinski definition) is 4. The molecule has 15 heavy (non-hydrogen) atoms. The number of nitrogens with zero attached hydrogens (tertiary/aromatic N) is 5. The summed E-state index contributed by atoms with van der Waals surface area (Å²) in [6.07, 6.45) is 4.98. The van der Waals surface area contributed by atoms with E-state index in [0.717, 1.165) is 17.9 Å². The van der Waals surface area contributed by atoms with Gasteiger partial charge in [0.2, 0.25) is 0 Å². The zero-order valence-corrected chi connectivity index (χ0v) is 8.54. The lowest BCUT2D eigenvalue weighted by molar-refractivity contribution is 0.281. The van der Waals surface area contributed by atoms with Crippen LogP contribution in [0.3, 0.4) is 0 Å². The van der Waals surface area contributed by atoms with E-state index in [1.54, 1.807) is 17.1 Å². The summed E-state index contributed by atoms with van der Waals surface area (Å²) in [4.78, 5) is 4.15. The number of aryl methyl sites for hydroxylation is 1. The van der Waals surface area contributed by atoms with Crippen LogP contribution in [0.1, 0.15) is 18.3 Å². The van der Waals surface area contributed by atoms with E-state index in [1.807, 2.05) is 11.6 Å². The molecule has 2 aromatic rings. The van der Waals surface area contributed by atoms with Crippen LogP contribution in [0.2, 0.25) is 0 Å². The van der Waals surface area contributed by atoms with Crippen LogP contribution in [0.4, 0.5) is 0 Å². The van der Waals surface area contributed by atoms with Crippen molar-refractivity contribution in [2.75, 3.05) is 0 Å². The van der Waals surface area contributed by atoms with Gasteiger partial charge in [-0.2, -0.15) is 10.2 Å². The van der Waals surface area contributed by atoms with Crippen molar-refractivity contribution < 1.29 is 5.11 Å². The molecule has 2 rings (SSSR count). The molecule has 6 nitrogen and oxygen atoms in total. The van der Waals surface area contributed by atoms with Gasteiger partial charge < -0.3 is 5.11 Å². The van der Waals surface area contributed by atoms with Crippen LogP contribution in [0.5, 0.6) is 0 Å². The molecule has 0 fully saturated rings. The van der Waals surface area contributed by atoms with Crippen molar-refractivity contribution in [3.8, 4) is 0 Å². The average Bonchev–Trinajstić information content (AvgIpc) is 2.87. The summed E-state index contributed by atoms with van der Waals surface area (Å²) < 4.78 is 3.56. The molecule has 1 N–H and O–H groups in total. The SMILES string of the molecule is CCn1ncnc1Cn1cc(CO)cn1. The smallest absolute Gasteiger partial charge is 0.148 e. The van der Waals surface area contributed by atoms with Crippen LogP contribution in [0, 0.1) is 0 Å². The molecule has 0 spiro atoms. The molecule has 0 bridgehead atoms. The highest BCUT2D eigenvalue weighted by molar-refractivity contribution is 5.02. The molecule has 2 heterocycles. The van der Waals surface area contributed by atoms with Gasteiger partial charge in [0.25, 0.3) is 0 Å². The Morgan fingerprint density at radius 3 is 2.93 bits per heavy atom. The van der Waals surface area contributed by atoms with Gasteiger partial charge in [-0.1, -0.05) is 0 Å². The molecule has 80 valence electrons. The molecular weight excluding hydrogens is 194 g/mol. The van der Waals surface area contributed by atoms with E-state index in [-0.39, 0.29) is 6.61 Å². The highest BCUT2D eigenvalue weighted by Gasteiger charge is 2.04. The summed E-state index contributed by atoms with van der Waals surface area (Å²) in [6, 6.07) is 0. The molecular formula is C9H13N5O. The number of aliphatic hydroxyl groups is 1. The van der Waals surface area contributed by atoms with Gasteiger partial charge in [-0.05, 0) is 6.92 Å². The van der Waals surface area contributed by atoms with Gasteiger partial charge in [-0.25, -0.2) is 9.67 Å². The number of rotatable bonds is 4. The molecule has 0 atom stereocenters. The summed E-state index contributed by atoms with van der Waals surface area (Å²) in [7, 11) is 0. The van der Waals surface area contributed by atoms with Crippen molar-refractivity contribution in [1.82, 2.24) is 24.5 Å². The second kappa shape index (κ2) is 4.22. The molecule has 0 saturated heterocycles. The molecule has 0 radical (unpaired) electrons. The van der Waals surface area contributed by atoms with Gasteiger partial charge in [-0.15, -0.1) is 0 Å². The highest BCUT2D eigenvalue weighted by atomic mass is 16.3. The minimum absolute atomic E-state index is 0.0144. The number of aromatic nitrogens is 5. The fraction of sp³-hybridized carbons (Fsp3) is 0.444. The minimum Gasteiger partial charge on any atom is -0.392 e. The van der Waals surface area contributed by atoms with Gasteiger partial charge in [0.05, 0.1) is 12.8 Å². The first-order valence-electron chi connectivity index (χ1n) is 4.82. The van der Waals surface area contributed by atoms with Crippen molar-refractivity contribution in [3.05, 3.63) is 30.1 Å². The maximum Gasteiger partial charge on any atom is 0.148 e. The van der Waals surface area contributed by atoms with Gasteiger partial charge in [0.15, 0.2) is 0 Å². The summed E-state index contributed by atoms with van der Waals surface area (Å²) in [5, 5.41) is 17.1.